The minimum Gasteiger partial charge on any atom is -0.383 e. The Kier molecular flexibility index (Phi) is 4.60. The minimum atomic E-state index is -4.18. The maximum atomic E-state index is 12.2. The van der Waals surface area contributed by atoms with E-state index in [1.807, 2.05) is 13.8 Å². The predicted octanol–water partition coefficient (Wildman–Crippen LogP) is 2.88. The van der Waals surface area contributed by atoms with Crippen molar-refractivity contribution in [1.82, 2.24) is 9.97 Å². The number of hydrogen-bond donors (Lipinski definition) is 1. The summed E-state index contributed by atoms with van der Waals surface area (Å²) in [6.07, 6.45) is -5.06. The first-order valence-corrected chi connectivity index (χ1v) is 6.03. The Balaban J connectivity index is 2.98. The van der Waals surface area contributed by atoms with Crippen LogP contribution in [0.2, 0.25) is 0 Å². The van der Waals surface area contributed by atoms with E-state index in [1.165, 1.54) is 4.90 Å². The molecule has 0 aliphatic heterocycles. The number of aromatic nitrogens is 2. The van der Waals surface area contributed by atoms with Gasteiger partial charge < -0.3 is 10.6 Å². The van der Waals surface area contributed by atoms with E-state index in [2.05, 4.69) is 9.97 Å². The van der Waals surface area contributed by atoms with Gasteiger partial charge in [-0.05, 0) is 6.92 Å². The lowest BCUT2D eigenvalue weighted by Crippen LogP contribution is -2.26. The number of alkyl halides is 3. The minimum absolute atomic E-state index is 0.0673. The van der Waals surface area contributed by atoms with Gasteiger partial charge >= 0.3 is 6.18 Å². The summed E-state index contributed by atoms with van der Waals surface area (Å²) < 4.78 is 36.7. The summed E-state index contributed by atoms with van der Waals surface area (Å²) in [5.41, 5.74) is 6.38. The van der Waals surface area contributed by atoms with Crippen molar-refractivity contribution in [2.75, 3.05) is 24.2 Å². The van der Waals surface area contributed by atoms with Gasteiger partial charge in [-0.1, -0.05) is 13.8 Å². The van der Waals surface area contributed by atoms with Crippen LogP contribution in [0.3, 0.4) is 0 Å². The van der Waals surface area contributed by atoms with Crippen molar-refractivity contribution in [3.63, 3.8) is 0 Å². The standard InChI is InChI=1S/C12H19F3N4/c1-7(2)10-17-9(16)8(3)11(18-10)19(4)6-5-12(13,14)15/h7H,5-6H2,1-4H3,(H2,16,17,18). The summed E-state index contributed by atoms with van der Waals surface area (Å²) in [7, 11) is 1.57. The molecule has 0 saturated heterocycles. The van der Waals surface area contributed by atoms with Crippen molar-refractivity contribution >= 4 is 11.6 Å². The van der Waals surface area contributed by atoms with Gasteiger partial charge in [0.1, 0.15) is 17.5 Å². The van der Waals surface area contributed by atoms with E-state index >= 15 is 0 Å². The highest BCUT2D eigenvalue weighted by molar-refractivity contribution is 5.56. The fourth-order valence-electron chi connectivity index (χ4n) is 1.57. The third kappa shape index (κ3) is 4.25. The summed E-state index contributed by atoms with van der Waals surface area (Å²) in [4.78, 5) is 9.91. The van der Waals surface area contributed by atoms with E-state index in [-0.39, 0.29) is 12.5 Å². The number of hydrogen-bond acceptors (Lipinski definition) is 4. The van der Waals surface area contributed by atoms with Crippen LogP contribution in [-0.2, 0) is 0 Å². The fourth-order valence-corrected chi connectivity index (χ4v) is 1.57. The number of rotatable bonds is 4. The summed E-state index contributed by atoms with van der Waals surface area (Å²) in [5.74, 6) is 1.38. The van der Waals surface area contributed by atoms with E-state index in [4.69, 9.17) is 5.73 Å². The van der Waals surface area contributed by atoms with Gasteiger partial charge in [0.05, 0.1) is 6.42 Å². The highest BCUT2D eigenvalue weighted by Crippen LogP contribution is 2.25. The Hall–Kier alpha value is -1.53. The molecular weight excluding hydrogens is 257 g/mol. The average molecular weight is 276 g/mol. The Bertz CT molecular complexity index is 443. The molecule has 1 aromatic heterocycles. The van der Waals surface area contributed by atoms with E-state index in [0.717, 1.165) is 0 Å². The number of nitrogens with zero attached hydrogens (tertiary/aromatic N) is 3. The third-order valence-corrected chi connectivity index (χ3v) is 2.78. The quantitative estimate of drug-likeness (QED) is 0.918. The zero-order valence-electron chi connectivity index (χ0n) is 11.5. The molecule has 0 amide bonds. The molecule has 19 heavy (non-hydrogen) atoms. The first kappa shape index (κ1) is 15.5. The van der Waals surface area contributed by atoms with Gasteiger partial charge in [0.25, 0.3) is 0 Å². The SMILES string of the molecule is Cc1c(N)nc(C(C)C)nc1N(C)CCC(F)(F)F. The molecule has 1 rings (SSSR count). The molecule has 0 atom stereocenters. The van der Waals surface area contributed by atoms with Crippen molar-refractivity contribution < 1.29 is 13.2 Å². The second kappa shape index (κ2) is 5.63. The maximum absolute atomic E-state index is 12.2. The van der Waals surface area contributed by atoms with Gasteiger partial charge in [-0.15, -0.1) is 0 Å². The molecule has 1 aromatic rings. The van der Waals surface area contributed by atoms with Crippen LogP contribution in [-0.4, -0.2) is 29.7 Å². The number of nitrogen functional groups attached to an aromatic ring is 1. The summed E-state index contributed by atoms with van der Waals surface area (Å²) in [6, 6.07) is 0. The van der Waals surface area contributed by atoms with Crippen LogP contribution in [0.1, 0.15) is 37.6 Å². The molecule has 4 nitrogen and oxygen atoms in total. The number of halogens is 3. The van der Waals surface area contributed by atoms with E-state index in [0.29, 0.717) is 23.0 Å². The van der Waals surface area contributed by atoms with Crippen LogP contribution in [0.5, 0.6) is 0 Å². The maximum Gasteiger partial charge on any atom is 0.390 e. The van der Waals surface area contributed by atoms with Crippen LogP contribution in [0.25, 0.3) is 0 Å². The Morgan fingerprint density at radius 1 is 1.26 bits per heavy atom. The van der Waals surface area contributed by atoms with Crippen LogP contribution in [0, 0.1) is 6.92 Å². The lowest BCUT2D eigenvalue weighted by molar-refractivity contribution is -0.132. The molecule has 108 valence electrons. The second-order valence-corrected chi connectivity index (χ2v) is 4.86. The molecule has 0 aliphatic carbocycles. The molecule has 1 heterocycles. The Morgan fingerprint density at radius 2 is 1.84 bits per heavy atom. The van der Waals surface area contributed by atoms with E-state index < -0.39 is 12.6 Å². The summed E-state index contributed by atoms with van der Waals surface area (Å²) in [5, 5.41) is 0. The second-order valence-electron chi connectivity index (χ2n) is 4.86. The monoisotopic (exact) mass is 276 g/mol. The highest BCUT2D eigenvalue weighted by atomic mass is 19.4. The van der Waals surface area contributed by atoms with Crippen molar-refractivity contribution in [2.45, 2.75) is 39.3 Å². The van der Waals surface area contributed by atoms with Gasteiger partial charge in [-0.2, -0.15) is 13.2 Å². The zero-order valence-corrected chi connectivity index (χ0v) is 11.5. The van der Waals surface area contributed by atoms with Gasteiger partial charge in [0.2, 0.25) is 0 Å². The normalized spacial score (nSPS) is 12.0. The van der Waals surface area contributed by atoms with Gasteiger partial charge in [0, 0.05) is 25.1 Å². The largest absolute Gasteiger partial charge is 0.390 e. The zero-order chi connectivity index (χ0) is 14.8. The lowest BCUT2D eigenvalue weighted by atomic mass is 10.2. The molecule has 0 radical (unpaired) electrons. The predicted molar refractivity (Wildman–Crippen MR) is 69.2 cm³/mol. The molecule has 7 heteroatoms. The topological polar surface area (TPSA) is 55.0 Å². The first-order valence-electron chi connectivity index (χ1n) is 6.03. The average Bonchev–Trinajstić information content (AvgIpc) is 2.28. The molecule has 0 aliphatic rings. The van der Waals surface area contributed by atoms with Gasteiger partial charge in [0.15, 0.2) is 0 Å². The Labute approximate surface area is 110 Å². The summed E-state index contributed by atoms with van der Waals surface area (Å²) >= 11 is 0. The summed E-state index contributed by atoms with van der Waals surface area (Å²) in [6.45, 7) is 5.37. The molecule has 0 bridgehead atoms. The molecular formula is C12H19F3N4. The third-order valence-electron chi connectivity index (χ3n) is 2.78. The number of nitrogens with two attached hydrogens (primary N) is 1. The molecule has 0 aromatic carbocycles. The first-order chi connectivity index (χ1) is 8.61. The lowest BCUT2D eigenvalue weighted by Gasteiger charge is -2.22. The van der Waals surface area contributed by atoms with Crippen molar-refractivity contribution in [1.29, 1.82) is 0 Å². The molecule has 0 saturated carbocycles. The van der Waals surface area contributed by atoms with Crippen molar-refractivity contribution in [3.05, 3.63) is 11.4 Å². The van der Waals surface area contributed by atoms with Crippen LogP contribution < -0.4 is 10.6 Å². The van der Waals surface area contributed by atoms with Crippen LogP contribution in [0.4, 0.5) is 24.8 Å². The van der Waals surface area contributed by atoms with E-state index in [1.54, 1.807) is 14.0 Å². The highest BCUT2D eigenvalue weighted by Gasteiger charge is 2.28. The smallest absolute Gasteiger partial charge is 0.383 e. The van der Waals surface area contributed by atoms with Crippen LogP contribution >= 0.6 is 0 Å². The van der Waals surface area contributed by atoms with Crippen LogP contribution in [0.15, 0.2) is 0 Å². The van der Waals surface area contributed by atoms with Gasteiger partial charge in [-0.25, -0.2) is 9.97 Å². The molecule has 2 N–H and O–H groups in total. The molecule has 0 spiro atoms. The number of anilines is 2. The molecule has 0 fully saturated rings. The van der Waals surface area contributed by atoms with Crippen molar-refractivity contribution in [2.24, 2.45) is 0 Å². The molecule has 0 unspecified atom stereocenters. The van der Waals surface area contributed by atoms with Gasteiger partial charge in [-0.3, -0.25) is 0 Å². The fraction of sp³-hybridized carbons (Fsp3) is 0.667. The van der Waals surface area contributed by atoms with E-state index in [9.17, 15) is 13.2 Å². The Morgan fingerprint density at radius 3 is 2.32 bits per heavy atom. The van der Waals surface area contributed by atoms with Crippen molar-refractivity contribution in [3.8, 4) is 0 Å².